The van der Waals surface area contributed by atoms with Crippen LogP contribution >= 0.6 is 0 Å². The van der Waals surface area contributed by atoms with Crippen molar-refractivity contribution in [2.75, 3.05) is 0 Å². The Morgan fingerprint density at radius 2 is 2.00 bits per heavy atom. The van der Waals surface area contributed by atoms with Crippen molar-refractivity contribution in [3.05, 3.63) is 48.0 Å². The first kappa shape index (κ1) is 17.1. The summed E-state index contributed by atoms with van der Waals surface area (Å²) < 4.78 is 0. The average Bonchev–Trinajstić information content (AvgIpc) is 2.43. The van der Waals surface area contributed by atoms with Crippen LogP contribution in [0.5, 0.6) is 0 Å². The fraction of sp³-hybridized carbons (Fsp3) is 0.375. The maximum absolute atomic E-state index is 10.9. The van der Waals surface area contributed by atoms with E-state index in [1.165, 1.54) is 0 Å². The molecule has 0 radical (unpaired) electrons. The molecule has 2 atom stereocenters. The number of hydrogen-bond donors (Lipinski definition) is 1. The molecule has 1 aromatic carbocycles. The molecule has 0 bridgehead atoms. The Bertz CT molecular complexity index is 431. The van der Waals surface area contributed by atoms with Gasteiger partial charge in [0.2, 0.25) is 0 Å². The molecule has 0 fully saturated rings. The second kappa shape index (κ2) is 9.07. The Kier molecular flexibility index (Phi) is 8.15. The number of hydrogen-bond acceptors (Lipinski definition) is 3. The van der Waals surface area contributed by atoms with Gasteiger partial charge in [-0.2, -0.15) is 5.26 Å². The summed E-state index contributed by atoms with van der Waals surface area (Å²) in [6, 6.07) is 9.08. The molecule has 1 aromatic rings. The van der Waals surface area contributed by atoms with E-state index < -0.39 is 0 Å². The molecule has 0 aromatic heterocycles. The van der Waals surface area contributed by atoms with E-state index in [-0.39, 0.29) is 19.4 Å². The average molecular weight is 258 g/mol. The number of nitriles is 1. The van der Waals surface area contributed by atoms with Gasteiger partial charge < -0.3 is 10.5 Å². The summed E-state index contributed by atoms with van der Waals surface area (Å²) in [5.74, 6) is -0.0337. The molecule has 102 valence electrons. The van der Waals surface area contributed by atoms with E-state index in [1.54, 1.807) is 12.1 Å². The second-order valence-corrected chi connectivity index (χ2v) is 4.34. The van der Waals surface area contributed by atoms with E-state index >= 15 is 0 Å². The lowest BCUT2D eigenvalue weighted by Gasteiger charge is -2.16. The lowest BCUT2D eigenvalue weighted by atomic mass is 9.92. The number of aldehydes is 1. The second-order valence-electron chi connectivity index (χ2n) is 4.34. The number of nitrogens with two attached hydrogens (primary N) is 1. The highest BCUT2D eigenvalue weighted by atomic mass is 16.1. The van der Waals surface area contributed by atoms with E-state index in [1.807, 2.05) is 18.2 Å². The van der Waals surface area contributed by atoms with E-state index in [0.717, 1.165) is 24.7 Å². The van der Waals surface area contributed by atoms with Crippen LogP contribution in [0.4, 0.5) is 0 Å². The molecule has 0 aliphatic rings. The summed E-state index contributed by atoms with van der Waals surface area (Å²) in [5, 5.41) is 8.71. The SMILES string of the molecule is C.C=CCCC(C=O)CC(N)c1ccc(C#N)cc1. The molecule has 1 rings (SSSR count). The summed E-state index contributed by atoms with van der Waals surface area (Å²) in [6.45, 7) is 3.65. The topological polar surface area (TPSA) is 66.9 Å². The van der Waals surface area contributed by atoms with Crippen molar-refractivity contribution < 1.29 is 4.79 Å². The molecule has 2 N–H and O–H groups in total. The number of rotatable bonds is 7. The highest BCUT2D eigenvalue weighted by Crippen LogP contribution is 2.21. The summed E-state index contributed by atoms with van der Waals surface area (Å²) in [7, 11) is 0. The van der Waals surface area contributed by atoms with E-state index in [9.17, 15) is 4.79 Å². The van der Waals surface area contributed by atoms with Crippen molar-refractivity contribution in [1.82, 2.24) is 0 Å². The molecule has 0 amide bonds. The number of allylic oxidation sites excluding steroid dienone is 1. The quantitative estimate of drug-likeness (QED) is 0.602. The number of carbonyl (C=O) groups excluding carboxylic acids is 1. The molecule has 3 nitrogen and oxygen atoms in total. The lowest BCUT2D eigenvalue weighted by molar-refractivity contribution is -0.111. The van der Waals surface area contributed by atoms with Crippen LogP contribution in [0.15, 0.2) is 36.9 Å². The first-order valence-electron chi connectivity index (χ1n) is 6.03. The van der Waals surface area contributed by atoms with Gasteiger partial charge in [0.25, 0.3) is 0 Å². The van der Waals surface area contributed by atoms with Gasteiger partial charge in [0, 0.05) is 12.0 Å². The Balaban J connectivity index is 0.00000324. The van der Waals surface area contributed by atoms with Crippen molar-refractivity contribution in [2.24, 2.45) is 11.7 Å². The van der Waals surface area contributed by atoms with Crippen LogP contribution in [0.3, 0.4) is 0 Å². The zero-order valence-corrected chi connectivity index (χ0v) is 10.4. The van der Waals surface area contributed by atoms with Gasteiger partial charge in [-0.3, -0.25) is 0 Å². The number of carbonyl (C=O) groups is 1. The molecule has 0 aliphatic heterocycles. The molecule has 0 saturated heterocycles. The van der Waals surface area contributed by atoms with Crippen LogP contribution in [0.25, 0.3) is 0 Å². The lowest BCUT2D eigenvalue weighted by Crippen LogP contribution is -2.16. The fourth-order valence-electron chi connectivity index (χ4n) is 1.84. The fourth-order valence-corrected chi connectivity index (χ4v) is 1.84. The standard InChI is InChI=1S/C15H18N2O.CH4/c1-2-3-4-13(11-18)9-15(17)14-7-5-12(10-16)6-8-14;/h2,5-8,11,13,15H,1,3-4,9,17H2;1H4. The van der Waals surface area contributed by atoms with Gasteiger partial charge in [-0.1, -0.05) is 25.6 Å². The van der Waals surface area contributed by atoms with Gasteiger partial charge in [-0.05, 0) is 37.0 Å². The number of benzene rings is 1. The first-order chi connectivity index (χ1) is 8.71. The molecule has 19 heavy (non-hydrogen) atoms. The smallest absolute Gasteiger partial charge is 0.123 e. The molecule has 0 saturated carbocycles. The zero-order chi connectivity index (χ0) is 13.4. The van der Waals surface area contributed by atoms with Crippen molar-refractivity contribution in [2.45, 2.75) is 32.7 Å². The third kappa shape index (κ3) is 5.50. The minimum Gasteiger partial charge on any atom is -0.324 e. The van der Waals surface area contributed by atoms with Gasteiger partial charge in [0.05, 0.1) is 11.6 Å². The molecule has 2 unspecified atom stereocenters. The van der Waals surface area contributed by atoms with Crippen molar-refractivity contribution in [3.63, 3.8) is 0 Å². The largest absolute Gasteiger partial charge is 0.324 e. The van der Waals surface area contributed by atoms with Crippen LogP contribution in [-0.2, 0) is 4.79 Å². The summed E-state index contributed by atoms with van der Waals surface area (Å²) in [5.41, 5.74) is 7.64. The molecule has 0 heterocycles. The van der Waals surface area contributed by atoms with Gasteiger partial charge >= 0.3 is 0 Å². The zero-order valence-electron chi connectivity index (χ0n) is 10.4. The number of nitrogens with zero attached hydrogens (tertiary/aromatic N) is 1. The normalized spacial score (nSPS) is 12.6. The van der Waals surface area contributed by atoms with Crippen LogP contribution in [0.2, 0.25) is 0 Å². The van der Waals surface area contributed by atoms with E-state index in [4.69, 9.17) is 11.0 Å². The molecule has 0 spiro atoms. The molecular weight excluding hydrogens is 236 g/mol. The van der Waals surface area contributed by atoms with Crippen molar-refractivity contribution in [1.29, 1.82) is 5.26 Å². The highest BCUT2D eigenvalue weighted by molar-refractivity contribution is 5.53. The summed E-state index contributed by atoms with van der Waals surface area (Å²) in [4.78, 5) is 10.9. The van der Waals surface area contributed by atoms with Gasteiger partial charge in [-0.25, -0.2) is 0 Å². The van der Waals surface area contributed by atoms with E-state index in [0.29, 0.717) is 12.0 Å². The van der Waals surface area contributed by atoms with Crippen LogP contribution in [0.1, 0.15) is 43.9 Å². The van der Waals surface area contributed by atoms with Crippen molar-refractivity contribution in [3.8, 4) is 6.07 Å². The molecule has 3 heteroatoms. The Hall–Kier alpha value is -1.92. The predicted octanol–water partition coefficient (Wildman–Crippen LogP) is 3.37. The van der Waals surface area contributed by atoms with Crippen LogP contribution < -0.4 is 5.73 Å². The van der Waals surface area contributed by atoms with Crippen LogP contribution in [0, 0.1) is 17.2 Å². The minimum atomic E-state index is -0.169. The maximum Gasteiger partial charge on any atom is 0.123 e. The minimum absolute atomic E-state index is 0. The van der Waals surface area contributed by atoms with Crippen molar-refractivity contribution >= 4 is 6.29 Å². The summed E-state index contributed by atoms with van der Waals surface area (Å²) in [6.07, 6.45) is 5.01. The van der Waals surface area contributed by atoms with Gasteiger partial charge in [0.15, 0.2) is 0 Å². The Morgan fingerprint density at radius 1 is 1.37 bits per heavy atom. The third-order valence-corrected chi connectivity index (χ3v) is 2.96. The van der Waals surface area contributed by atoms with E-state index in [2.05, 4.69) is 12.6 Å². The predicted molar refractivity (Wildman–Crippen MR) is 78.4 cm³/mol. The maximum atomic E-state index is 10.9. The first-order valence-corrected chi connectivity index (χ1v) is 6.03. The van der Waals surface area contributed by atoms with Gasteiger partial charge in [-0.15, -0.1) is 6.58 Å². The molecule has 0 aliphatic carbocycles. The van der Waals surface area contributed by atoms with Crippen LogP contribution in [-0.4, -0.2) is 6.29 Å². The highest BCUT2D eigenvalue weighted by Gasteiger charge is 2.13. The Morgan fingerprint density at radius 3 is 2.47 bits per heavy atom. The monoisotopic (exact) mass is 258 g/mol. The Labute approximate surface area is 115 Å². The summed E-state index contributed by atoms with van der Waals surface area (Å²) >= 11 is 0. The third-order valence-electron chi connectivity index (χ3n) is 2.96. The molecular formula is C16H22N2O. The van der Waals surface area contributed by atoms with Gasteiger partial charge in [0.1, 0.15) is 6.29 Å².